The molecule has 1 aliphatic heterocycles. The lowest BCUT2D eigenvalue weighted by atomic mass is 9.99. The number of aromatic amines is 2. The third kappa shape index (κ3) is 27.4. The van der Waals surface area contributed by atoms with Crippen LogP contribution in [0, 0.1) is 23.2 Å². The lowest BCUT2D eigenvalue weighted by molar-refractivity contribution is -0.139. The van der Waals surface area contributed by atoms with Crippen LogP contribution in [0.15, 0.2) is 43.0 Å². The fourth-order valence-corrected chi connectivity index (χ4v) is 11.3. The van der Waals surface area contributed by atoms with Crippen LogP contribution < -0.4 is 75.7 Å². The van der Waals surface area contributed by atoms with Crippen molar-refractivity contribution in [2.75, 3.05) is 38.2 Å². The van der Waals surface area contributed by atoms with Gasteiger partial charge in [-0.3, -0.25) is 67.7 Å². The van der Waals surface area contributed by atoms with Crippen molar-refractivity contribution in [1.82, 2.24) is 78.3 Å². The molecule has 33 nitrogen and oxygen atoms in total. The van der Waals surface area contributed by atoms with Gasteiger partial charge in [-0.1, -0.05) is 59.7 Å². The molecule has 0 aliphatic carbocycles. The van der Waals surface area contributed by atoms with Gasteiger partial charge in [0.05, 0.1) is 37.3 Å². The second kappa shape index (κ2) is 41.2. The van der Waals surface area contributed by atoms with Crippen molar-refractivity contribution in [3.05, 3.63) is 54.2 Å². The van der Waals surface area contributed by atoms with E-state index in [1.54, 1.807) is 70.7 Å². The molecule has 98 heavy (non-hydrogen) atoms. The number of para-hydroxylation sites is 1. The summed E-state index contributed by atoms with van der Waals surface area (Å²) in [5.74, 6) is -10.3. The summed E-state index contributed by atoms with van der Waals surface area (Å²) in [5, 5.41) is 47.4. The van der Waals surface area contributed by atoms with Crippen LogP contribution in [0.3, 0.4) is 0 Å². The number of nitrogens with two attached hydrogens (primary N) is 3. The number of aliphatic hydroxyl groups is 1. The smallest absolute Gasteiger partial charge is 0.245 e. The molecule has 1 aromatic carbocycles. The van der Waals surface area contributed by atoms with Gasteiger partial charge in [-0.05, 0) is 106 Å². The van der Waals surface area contributed by atoms with Crippen molar-refractivity contribution >= 4 is 106 Å². The summed E-state index contributed by atoms with van der Waals surface area (Å²) < 4.78 is 0. The summed E-state index contributed by atoms with van der Waals surface area (Å²) in [6.07, 6.45) is 7.70. The Kier molecular flexibility index (Phi) is 34.1. The molecular weight excluding hydrogens is 1290 g/mol. The van der Waals surface area contributed by atoms with Crippen LogP contribution in [-0.2, 0) is 75.2 Å². The lowest BCUT2D eigenvalue weighted by Crippen LogP contribution is -2.61. The van der Waals surface area contributed by atoms with Crippen LogP contribution in [0.2, 0.25) is 0 Å². The number of primary amides is 1. The third-order valence-electron chi connectivity index (χ3n) is 15.9. The molecule has 3 aromatic rings. The Morgan fingerprint density at radius 3 is 1.71 bits per heavy atom. The van der Waals surface area contributed by atoms with Gasteiger partial charge in [-0.25, -0.2) is 4.98 Å². The summed E-state index contributed by atoms with van der Waals surface area (Å²) >= 11 is 1.38. The number of carbonyl (C=O) groups excluding carboxylic acids is 13. The zero-order chi connectivity index (χ0) is 72.8. The predicted molar refractivity (Wildman–Crippen MR) is 365 cm³/mol. The molecule has 1 fully saturated rings. The number of carbonyl (C=O) groups is 12. The SMILES string of the molecule is CSCC[C@H](NC(=O)[C@H](CC(C)C)NC(=O)[C@H](CCC(N)=O)NC(=O)[C@H](Cc1c[nH]c2ccccc12)NC(=O)[C@H](CC(C)C)NC(=O)[C@H](CCCNC(=N)N)NC(=O)[C@H](Cc1c[nH]cn1)NC(=O)[C@H](CO)NC(=O)[C@@H](N)CC(C)C)C(=O)NCC(=O)N1CCC[C@H]1C(=O)N[C@@H](C)[C]=O. The van der Waals surface area contributed by atoms with Crippen LogP contribution in [0.25, 0.3) is 10.9 Å². The van der Waals surface area contributed by atoms with E-state index in [1.807, 2.05) is 13.8 Å². The number of H-pyrrole nitrogens is 2. The fourth-order valence-electron chi connectivity index (χ4n) is 10.9. The first-order chi connectivity index (χ1) is 46.4. The van der Waals surface area contributed by atoms with Crippen molar-refractivity contribution in [2.45, 2.75) is 192 Å². The number of aromatic nitrogens is 3. The Bertz CT molecular complexity index is 3200. The molecule has 0 unspecified atom stereocenters. The monoisotopic (exact) mass is 1390 g/mol. The number of rotatable bonds is 43. The highest BCUT2D eigenvalue weighted by atomic mass is 32.2. The second-order valence-electron chi connectivity index (χ2n) is 25.6. The van der Waals surface area contributed by atoms with Crippen LogP contribution in [-0.4, -0.2) is 213 Å². The zero-order valence-electron chi connectivity index (χ0n) is 56.9. The van der Waals surface area contributed by atoms with E-state index in [1.165, 1.54) is 36.1 Å². The maximum atomic E-state index is 15.0. The van der Waals surface area contributed by atoms with E-state index in [4.69, 9.17) is 22.6 Å². The minimum absolute atomic E-state index is 0.00716. The highest BCUT2D eigenvalue weighted by molar-refractivity contribution is 7.98. The van der Waals surface area contributed by atoms with Gasteiger partial charge in [-0.15, -0.1) is 0 Å². The molecule has 11 atom stereocenters. The van der Waals surface area contributed by atoms with Gasteiger partial charge in [0.1, 0.15) is 54.4 Å². The third-order valence-corrected chi connectivity index (χ3v) is 16.5. The summed E-state index contributed by atoms with van der Waals surface area (Å²) in [5.41, 5.74) is 18.7. The normalized spacial score (nSPS) is 15.9. The van der Waals surface area contributed by atoms with E-state index < -0.39 is 163 Å². The molecule has 34 heteroatoms. The molecule has 0 spiro atoms. The maximum absolute atomic E-state index is 15.0. The number of amides is 12. The summed E-state index contributed by atoms with van der Waals surface area (Å²) in [6, 6.07) is -7.31. The number of hydrogen-bond acceptors (Lipinski definition) is 18. The highest BCUT2D eigenvalue weighted by Crippen LogP contribution is 2.21. The first-order valence-corrected chi connectivity index (χ1v) is 34.3. The van der Waals surface area contributed by atoms with E-state index >= 15 is 0 Å². The molecule has 1 saturated heterocycles. The molecule has 1 radical (unpaired) electrons. The number of thioether (sulfide) groups is 1. The van der Waals surface area contributed by atoms with Gasteiger partial charge in [-0.2, -0.15) is 11.8 Å². The lowest BCUT2D eigenvalue weighted by Gasteiger charge is -2.29. The zero-order valence-corrected chi connectivity index (χ0v) is 57.8. The van der Waals surface area contributed by atoms with Crippen molar-refractivity contribution in [1.29, 1.82) is 5.41 Å². The van der Waals surface area contributed by atoms with E-state index in [2.05, 4.69) is 73.4 Å². The van der Waals surface area contributed by atoms with Crippen LogP contribution >= 0.6 is 11.8 Å². The summed E-state index contributed by atoms with van der Waals surface area (Å²) in [6.45, 7) is 11.1. The number of fused-ring (bicyclic) bond motifs is 1. The fraction of sp³-hybridized carbons (Fsp3) is 0.609. The molecule has 541 valence electrons. The number of guanidine groups is 1. The van der Waals surface area contributed by atoms with Gasteiger partial charge in [0.2, 0.25) is 77.2 Å². The number of imidazole rings is 1. The standard InChI is InChI=1S/C64H100N19O14S/c1-34(2)23-41(65)54(88)82-50(32-85)62(96)81-49(27-39-29-69-33-73-39)61(95)75-43(15-11-20-70-64(67)68)56(90)78-47(25-36(5)6)59(93)80-48(26-38-28-71-42-14-10-9-13-40(38)42)60(94)76-44(17-18-52(66)86)57(91)79-46(24-35(3)4)58(92)77-45(19-22-98-8)55(89)72-30-53(87)83-21-12-16-51(83)63(97)74-37(7)31-84/h9-10,13-14,28-29,33-37,41,43-51,71,85H,11-12,15-27,30,32,65H2,1-8H3,(H2,66,86)(H,69,73)(H,72,89)(H,74,97)(H,75,95)(H,76,94)(H,77,92)(H,78,90)(H,79,91)(H,80,93)(H,81,96)(H,82,88)(H4,67,68,70)/t37-,41-,43-,44-,45-,46-,47-,48-,49-,50-,51-/m0/s1. The van der Waals surface area contributed by atoms with E-state index in [-0.39, 0.29) is 88.2 Å². The molecule has 3 heterocycles. The van der Waals surface area contributed by atoms with E-state index in [9.17, 15) is 67.4 Å². The maximum Gasteiger partial charge on any atom is 0.245 e. The van der Waals surface area contributed by atoms with Gasteiger partial charge < -0.3 is 95.7 Å². The number of nitrogens with zero attached hydrogens (tertiary/aromatic N) is 2. The van der Waals surface area contributed by atoms with Crippen molar-refractivity contribution in [2.24, 2.45) is 35.0 Å². The molecular formula is C64H100N19O14S. The molecule has 1 aliphatic rings. The van der Waals surface area contributed by atoms with Gasteiger partial charge in [0.15, 0.2) is 5.96 Å². The molecule has 0 saturated carbocycles. The van der Waals surface area contributed by atoms with Gasteiger partial charge >= 0.3 is 0 Å². The Morgan fingerprint density at radius 2 is 1.17 bits per heavy atom. The summed E-state index contributed by atoms with van der Waals surface area (Å²) in [4.78, 5) is 190. The second-order valence-corrected chi connectivity index (χ2v) is 26.6. The van der Waals surface area contributed by atoms with E-state index in [0.29, 0.717) is 40.8 Å². The Morgan fingerprint density at radius 1 is 0.653 bits per heavy atom. The Balaban J connectivity index is 1.64. The van der Waals surface area contributed by atoms with Crippen molar-refractivity contribution in [3.8, 4) is 0 Å². The molecule has 21 N–H and O–H groups in total. The Labute approximate surface area is 574 Å². The number of nitrogens with one attached hydrogen (secondary N) is 14. The molecule has 0 bridgehead atoms. The van der Waals surface area contributed by atoms with Crippen LogP contribution in [0.5, 0.6) is 0 Å². The van der Waals surface area contributed by atoms with E-state index in [0.717, 1.165) is 0 Å². The number of aliphatic hydroxyl groups excluding tert-OH is 1. The van der Waals surface area contributed by atoms with Crippen molar-refractivity contribution < 1.29 is 67.4 Å². The molecule has 2 aromatic heterocycles. The minimum Gasteiger partial charge on any atom is -0.394 e. The minimum atomic E-state index is -1.59. The topological polar surface area (TPSA) is 524 Å². The Hall–Kier alpha value is -9.18. The van der Waals surface area contributed by atoms with Crippen molar-refractivity contribution in [3.63, 3.8) is 0 Å². The molecule has 12 amide bonds. The average molecular weight is 1390 g/mol. The van der Waals surface area contributed by atoms with Gasteiger partial charge in [0, 0.05) is 55.6 Å². The quantitative estimate of drug-likeness (QED) is 0.0153. The average Bonchev–Trinajstić information content (AvgIpc) is 1.62. The molecule has 4 rings (SSSR count). The van der Waals surface area contributed by atoms with Crippen LogP contribution in [0.1, 0.15) is 124 Å². The predicted octanol–water partition coefficient (Wildman–Crippen LogP) is -2.98. The number of benzene rings is 1. The van der Waals surface area contributed by atoms with Crippen LogP contribution in [0.4, 0.5) is 0 Å². The number of hydrogen-bond donors (Lipinski definition) is 18. The first kappa shape index (κ1) is 81.2. The largest absolute Gasteiger partial charge is 0.394 e. The summed E-state index contributed by atoms with van der Waals surface area (Å²) in [7, 11) is 0. The highest BCUT2D eigenvalue weighted by Gasteiger charge is 2.38. The number of likely N-dealkylation sites (tertiary alicyclic amines) is 1. The first-order valence-electron chi connectivity index (χ1n) is 32.9. The van der Waals surface area contributed by atoms with Gasteiger partial charge in [0.25, 0.3) is 0 Å².